The van der Waals surface area contributed by atoms with Gasteiger partial charge in [0.1, 0.15) is 17.7 Å². The Morgan fingerprint density at radius 1 is 0.900 bits per heavy atom. The van der Waals surface area contributed by atoms with Gasteiger partial charge in [0, 0.05) is 10.9 Å². The standard InChI is InChI=1S/C27H23F2N/c1-2-18-3-7-20(8-4-18)22-13-14-25-23(16-22)12-11-21(27(25)29)9-5-19-6-10-24(17-30)26(28)15-19/h6,10-16,18,20H,2-4,7-8H2,1H3. The summed E-state index contributed by atoms with van der Waals surface area (Å²) in [6.45, 7) is 2.27. The Labute approximate surface area is 176 Å². The summed E-state index contributed by atoms with van der Waals surface area (Å²) >= 11 is 0. The minimum Gasteiger partial charge on any atom is -0.206 e. The van der Waals surface area contributed by atoms with Crippen molar-refractivity contribution in [3.8, 4) is 17.9 Å². The highest BCUT2D eigenvalue weighted by Crippen LogP contribution is 2.38. The first-order chi connectivity index (χ1) is 14.6. The van der Waals surface area contributed by atoms with Gasteiger partial charge < -0.3 is 0 Å². The normalized spacial score (nSPS) is 18.5. The predicted molar refractivity (Wildman–Crippen MR) is 116 cm³/mol. The van der Waals surface area contributed by atoms with Crippen LogP contribution in [0.5, 0.6) is 0 Å². The van der Waals surface area contributed by atoms with E-state index in [1.54, 1.807) is 18.2 Å². The Hall–Kier alpha value is -3.17. The van der Waals surface area contributed by atoms with Crippen molar-refractivity contribution in [1.29, 1.82) is 5.26 Å². The Bertz CT molecular complexity index is 1190. The maximum absolute atomic E-state index is 15.0. The molecule has 0 aromatic heterocycles. The summed E-state index contributed by atoms with van der Waals surface area (Å²) < 4.78 is 28.8. The number of nitriles is 1. The molecule has 0 atom stereocenters. The summed E-state index contributed by atoms with van der Waals surface area (Å²) in [5, 5.41) is 10.2. The van der Waals surface area contributed by atoms with Crippen LogP contribution in [0.4, 0.5) is 8.78 Å². The van der Waals surface area contributed by atoms with Crippen LogP contribution >= 0.6 is 0 Å². The SMILES string of the molecule is CCC1CCC(c2ccc3c(F)c(C#Cc4ccc(C#N)c(F)c4)ccc3c2)CC1. The van der Waals surface area contributed by atoms with Gasteiger partial charge in [-0.15, -0.1) is 0 Å². The van der Waals surface area contributed by atoms with Gasteiger partial charge in [-0.2, -0.15) is 5.26 Å². The molecule has 150 valence electrons. The van der Waals surface area contributed by atoms with Crippen molar-refractivity contribution in [2.45, 2.75) is 44.9 Å². The van der Waals surface area contributed by atoms with E-state index >= 15 is 4.39 Å². The molecule has 1 nitrogen and oxygen atoms in total. The molecule has 0 radical (unpaired) electrons. The third-order valence-corrected chi connectivity index (χ3v) is 6.30. The molecule has 1 aliphatic carbocycles. The van der Waals surface area contributed by atoms with E-state index in [9.17, 15) is 4.39 Å². The molecule has 3 aromatic rings. The first-order valence-corrected chi connectivity index (χ1v) is 10.5. The molecule has 1 aliphatic rings. The Balaban J connectivity index is 1.59. The van der Waals surface area contributed by atoms with Crippen LogP contribution in [0.2, 0.25) is 0 Å². The highest BCUT2D eigenvalue weighted by atomic mass is 19.1. The number of hydrogen-bond acceptors (Lipinski definition) is 1. The Kier molecular flexibility index (Phi) is 5.82. The van der Waals surface area contributed by atoms with Crippen LogP contribution in [0, 0.1) is 40.7 Å². The lowest BCUT2D eigenvalue weighted by Crippen LogP contribution is -2.12. The first-order valence-electron chi connectivity index (χ1n) is 10.5. The summed E-state index contributed by atoms with van der Waals surface area (Å²) in [6.07, 6.45) is 6.22. The fourth-order valence-electron chi connectivity index (χ4n) is 4.39. The minimum absolute atomic E-state index is 0.0311. The lowest BCUT2D eigenvalue weighted by Gasteiger charge is -2.28. The molecule has 0 saturated heterocycles. The highest BCUT2D eigenvalue weighted by Gasteiger charge is 2.21. The van der Waals surface area contributed by atoms with Crippen LogP contribution in [0.25, 0.3) is 10.8 Å². The van der Waals surface area contributed by atoms with Gasteiger partial charge in [-0.25, -0.2) is 8.78 Å². The summed E-state index contributed by atoms with van der Waals surface area (Å²) in [4.78, 5) is 0. The van der Waals surface area contributed by atoms with E-state index < -0.39 is 5.82 Å². The van der Waals surface area contributed by atoms with Crippen LogP contribution in [-0.2, 0) is 0 Å². The molecular weight excluding hydrogens is 376 g/mol. The zero-order valence-corrected chi connectivity index (χ0v) is 17.0. The summed E-state index contributed by atoms with van der Waals surface area (Å²) in [5.74, 6) is 6.03. The van der Waals surface area contributed by atoms with E-state index in [-0.39, 0.29) is 16.9 Å². The van der Waals surface area contributed by atoms with Gasteiger partial charge in [-0.1, -0.05) is 49.5 Å². The molecule has 0 spiro atoms. The topological polar surface area (TPSA) is 23.8 Å². The Morgan fingerprint density at radius 2 is 1.67 bits per heavy atom. The van der Waals surface area contributed by atoms with E-state index in [0.717, 1.165) is 11.3 Å². The first kappa shape index (κ1) is 20.1. The number of nitrogens with zero attached hydrogens (tertiary/aromatic N) is 1. The molecule has 1 saturated carbocycles. The molecule has 0 N–H and O–H groups in total. The smallest absolute Gasteiger partial charge is 0.146 e. The second-order valence-corrected chi connectivity index (χ2v) is 8.09. The highest BCUT2D eigenvalue weighted by molar-refractivity contribution is 5.85. The average molecular weight is 399 g/mol. The van der Waals surface area contributed by atoms with Crippen molar-refractivity contribution in [1.82, 2.24) is 0 Å². The zero-order chi connectivity index (χ0) is 21.1. The Morgan fingerprint density at radius 3 is 2.37 bits per heavy atom. The van der Waals surface area contributed by atoms with Crippen LogP contribution in [0.15, 0.2) is 48.5 Å². The average Bonchev–Trinajstić information content (AvgIpc) is 2.78. The van der Waals surface area contributed by atoms with Crippen molar-refractivity contribution in [2.24, 2.45) is 5.92 Å². The van der Waals surface area contributed by atoms with Crippen molar-refractivity contribution >= 4 is 10.8 Å². The molecule has 0 bridgehead atoms. The third-order valence-electron chi connectivity index (χ3n) is 6.30. The number of hydrogen-bond donors (Lipinski definition) is 0. The summed E-state index contributed by atoms with van der Waals surface area (Å²) in [7, 11) is 0. The second kappa shape index (κ2) is 8.68. The van der Waals surface area contributed by atoms with Crippen LogP contribution in [0.1, 0.15) is 67.2 Å². The lowest BCUT2D eigenvalue weighted by atomic mass is 9.77. The molecule has 3 heteroatoms. The quantitative estimate of drug-likeness (QED) is 0.423. The molecule has 0 heterocycles. The molecule has 3 aromatic carbocycles. The van der Waals surface area contributed by atoms with Crippen LogP contribution in [0.3, 0.4) is 0 Å². The maximum atomic E-state index is 15.0. The van der Waals surface area contributed by atoms with Crippen LogP contribution < -0.4 is 0 Å². The van der Waals surface area contributed by atoms with Gasteiger partial charge in [-0.05, 0) is 72.7 Å². The minimum atomic E-state index is -0.621. The molecular formula is C27H23F2N. The van der Waals surface area contributed by atoms with E-state index in [4.69, 9.17) is 5.26 Å². The fraction of sp³-hybridized carbons (Fsp3) is 0.296. The molecule has 1 fully saturated rings. The van der Waals surface area contributed by atoms with Gasteiger partial charge in [0.25, 0.3) is 0 Å². The third kappa shape index (κ3) is 4.07. The summed E-state index contributed by atoms with van der Waals surface area (Å²) in [5.41, 5.74) is 1.95. The fourth-order valence-corrected chi connectivity index (χ4v) is 4.39. The molecule has 0 amide bonds. The monoisotopic (exact) mass is 399 g/mol. The maximum Gasteiger partial charge on any atom is 0.146 e. The van der Waals surface area contributed by atoms with Crippen molar-refractivity contribution in [3.05, 3.63) is 82.4 Å². The van der Waals surface area contributed by atoms with Gasteiger partial charge in [-0.3, -0.25) is 0 Å². The van der Waals surface area contributed by atoms with Crippen LogP contribution in [-0.4, -0.2) is 0 Å². The molecule has 30 heavy (non-hydrogen) atoms. The predicted octanol–water partition coefficient (Wildman–Crippen LogP) is 7.07. The lowest BCUT2D eigenvalue weighted by molar-refractivity contribution is 0.319. The van der Waals surface area contributed by atoms with E-state index in [1.807, 2.05) is 12.1 Å². The van der Waals surface area contributed by atoms with Crippen molar-refractivity contribution in [3.63, 3.8) is 0 Å². The van der Waals surface area contributed by atoms with Gasteiger partial charge in [0.05, 0.1) is 11.1 Å². The molecule has 0 aliphatic heterocycles. The largest absolute Gasteiger partial charge is 0.206 e. The number of benzene rings is 3. The molecule has 4 rings (SSSR count). The zero-order valence-electron chi connectivity index (χ0n) is 17.0. The van der Waals surface area contributed by atoms with Gasteiger partial charge in [0.2, 0.25) is 0 Å². The van der Waals surface area contributed by atoms with Crippen molar-refractivity contribution < 1.29 is 8.78 Å². The van der Waals surface area contributed by atoms with E-state index in [0.29, 0.717) is 16.9 Å². The van der Waals surface area contributed by atoms with Crippen molar-refractivity contribution in [2.75, 3.05) is 0 Å². The number of fused-ring (bicyclic) bond motifs is 1. The number of rotatable bonds is 2. The number of halogens is 2. The summed E-state index contributed by atoms with van der Waals surface area (Å²) in [6, 6.07) is 15.5. The van der Waals surface area contributed by atoms with E-state index in [1.165, 1.54) is 49.8 Å². The molecule has 0 unspecified atom stereocenters. The van der Waals surface area contributed by atoms with E-state index in [2.05, 4.69) is 30.9 Å². The van der Waals surface area contributed by atoms with Gasteiger partial charge >= 0.3 is 0 Å². The van der Waals surface area contributed by atoms with Gasteiger partial charge in [0.15, 0.2) is 0 Å². The second-order valence-electron chi connectivity index (χ2n) is 8.09.